The summed E-state index contributed by atoms with van der Waals surface area (Å²) in [5.41, 5.74) is 2.74. The molecule has 1 aliphatic carbocycles. The fourth-order valence-corrected chi connectivity index (χ4v) is 4.31. The fourth-order valence-electron chi connectivity index (χ4n) is 4.31. The van der Waals surface area contributed by atoms with E-state index in [9.17, 15) is 15.0 Å². The van der Waals surface area contributed by atoms with E-state index in [1.807, 2.05) is 32.0 Å². The molecule has 6 nitrogen and oxygen atoms in total. The Labute approximate surface area is 175 Å². The highest BCUT2D eigenvalue weighted by Crippen LogP contribution is 2.33. The van der Waals surface area contributed by atoms with Crippen molar-refractivity contribution in [1.82, 2.24) is 10.3 Å². The molecule has 2 aromatic heterocycles. The van der Waals surface area contributed by atoms with Crippen molar-refractivity contribution in [3.63, 3.8) is 0 Å². The monoisotopic (exact) mass is 408 g/mol. The van der Waals surface area contributed by atoms with E-state index >= 15 is 0 Å². The summed E-state index contributed by atoms with van der Waals surface area (Å²) < 4.78 is 5.47. The van der Waals surface area contributed by atoms with Crippen LogP contribution in [0, 0.1) is 5.92 Å². The number of benzene rings is 1. The Balaban J connectivity index is 1.46. The van der Waals surface area contributed by atoms with Crippen molar-refractivity contribution in [2.24, 2.45) is 5.92 Å². The molecule has 6 heteroatoms. The number of amides is 1. The second-order valence-electron chi connectivity index (χ2n) is 8.71. The number of pyridine rings is 1. The molecule has 0 radical (unpaired) electrons. The number of aliphatic hydroxyl groups is 2. The minimum Gasteiger partial charge on any atom is -0.464 e. The van der Waals surface area contributed by atoms with Crippen LogP contribution in [0.1, 0.15) is 55.6 Å². The van der Waals surface area contributed by atoms with Crippen molar-refractivity contribution in [1.29, 1.82) is 0 Å². The molecule has 0 saturated heterocycles. The van der Waals surface area contributed by atoms with Crippen LogP contribution in [0.15, 0.2) is 47.1 Å². The maximum absolute atomic E-state index is 12.7. The summed E-state index contributed by atoms with van der Waals surface area (Å²) in [5, 5.41) is 23.6. The number of nitrogens with one attached hydrogen (secondary N) is 1. The highest BCUT2D eigenvalue weighted by Gasteiger charge is 2.31. The molecule has 1 aromatic carbocycles. The van der Waals surface area contributed by atoms with Gasteiger partial charge in [0.2, 0.25) is 0 Å². The minimum absolute atomic E-state index is 0.0845. The number of hydrogen-bond donors (Lipinski definition) is 3. The average Bonchev–Trinajstić information content (AvgIpc) is 3.21. The van der Waals surface area contributed by atoms with Gasteiger partial charge in [-0.05, 0) is 63.6 Å². The van der Waals surface area contributed by atoms with Crippen molar-refractivity contribution in [3.8, 4) is 11.3 Å². The van der Waals surface area contributed by atoms with Crippen molar-refractivity contribution < 1.29 is 19.4 Å². The van der Waals surface area contributed by atoms with Crippen molar-refractivity contribution >= 4 is 16.9 Å². The quantitative estimate of drug-likeness (QED) is 0.592. The van der Waals surface area contributed by atoms with Gasteiger partial charge in [-0.25, -0.2) is 4.98 Å². The first-order valence-corrected chi connectivity index (χ1v) is 10.5. The van der Waals surface area contributed by atoms with Gasteiger partial charge in [-0.3, -0.25) is 4.79 Å². The van der Waals surface area contributed by atoms with Crippen LogP contribution in [-0.4, -0.2) is 32.7 Å². The van der Waals surface area contributed by atoms with Crippen LogP contribution in [-0.2, 0) is 6.61 Å². The number of nitrogens with zero attached hydrogens (tertiary/aromatic N) is 1. The molecule has 0 unspecified atom stereocenters. The second-order valence-corrected chi connectivity index (χ2v) is 8.71. The zero-order valence-electron chi connectivity index (χ0n) is 17.4. The van der Waals surface area contributed by atoms with Crippen LogP contribution >= 0.6 is 0 Å². The average molecular weight is 408 g/mol. The van der Waals surface area contributed by atoms with E-state index < -0.39 is 5.60 Å². The molecule has 3 aromatic rings. The first-order chi connectivity index (χ1) is 14.3. The van der Waals surface area contributed by atoms with Gasteiger partial charge in [-0.1, -0.05) is 12.1 Å². The number of furan rings is 1. The van der Waals surface area contributed by atoms with Crippen LogP contribution < -0.4 is 5.32 Å². The van der Waals surface area contributed by atoms with Crippen molar-refractivity contribution in [2.45, 2.75) is 57.8 Å². The lowest BCUT2D eigenvalue weighted by molar-refractivity contribution is -0.00257. The lowest BCUT2D eigenvalue weighted by Crippen LogP contribution is -2.41. The van der Waals surface area contributed by atoms with E-state index in [1.54, 1.807) is 24.5 Å². The van der Waals surface area contributed by atoms with Gasteiger partial charge in [-0.15, -0.1) is 0 Å². The van der Waals surface area contributed by atoms with E-state index in [4.69, 9.17) is 4.42 Å². The predicted molar refractivity (Wildman–Crippen MR) is 115 cm³/mol. The number of carbonyl (C=O) groups is 1. The third-order valence-electron chi connectivity index (χ3n) is 6.15. The number of aliphatic hydroxyl groups excluding tert-OH is 1. The van der Waals surface area contributed by atoms with Gasteiger partial charge in [-0.2, -0.15) is 0 Å². The van der Waals surface area contributed by atoms with Gasteiger partial charge in [0.05, 0.1) is 29.9 Å². The Hall–Kier alpha value is -2.70. The van der Waals surface area contributed by atoms with E-state index in [2.05, 4.69) is 10.3 Å². The Bertz CT molecular complexity index is 1030. The van der Waals surface area contributed by atoms with Crippen LogP contribution in [0.25, 0.3) is 22.2 Å². The third kappa shape index (κ3) is 4.25. The normalized spacial score (nSPS) is 19.7. The highest BCUT2D eigenvalue weighted by molar-refractivity contribution is 5.96. The van der Waals surface area contributed by atoms with Crippen LogP contribution in [0.2, 0.25) is 0 Å². The summed E-state index contributed by atoms with van der Waals surface area (Å²) in [5.74, 6) is 0.200. The van der Waals surface area contributed by atoms with Crippen LogP contribution in [0.4, 0.5) is 0 Å². The maximum Gasteiger partial charge on any atom is 0.251 e. The molecule has 2 heterocycles. The van der Waals surface area contributed by atoms with Gasteiger partial charge in [0.15, 0.2) is 0 Å². The first kappa shape index (κ1) is 20.6. The van der Waals surface area contributed by atoms with Crippen molar-refractivity contribution in [2.75, 3.05) is 0 Å². The molecule has 1 aliphatic rings. The molecular formula is C24H28N2O4. The lowest BCUT2D eigenvalue weighted by Gasteiger charge is -2.36. The fraction of sp³-hybridized carbons (Fsp3) is 0.417. The molecule has 30 heavy (non-hydrogen) atoms. The van der Waals surface area contributed by atoms with E-state index in [1.165, 1.54) is 0 Å². The molecule has 158 valence electrons. The topological polar surface area (TPSA) is 95.6 Å². The molecule has 1 saturated carbocycles. The highest BCUT2D eigenvalue weighted by atomic mass is 16.3. The second kappa shape index (κ2) is 8.20. The summed E-state index contributed by atoms with van der Waals surface area (Å²) in [6.45, 7) is 3.56. The minimum atomic E-state index is -0.660. The number of fused-ring (bicyclic) bond motifs is 1. The zero-order valence-corrected chi connectivity index (χ0v) is 17.4. The number of carbonyl (C=O) groups excluding carboxylic acids is 1. The van der Waals surface area contributed by atoms with Crippen LogP contribution in [0.3, 0.4) is 0 Å². The Kier molecular flexibility index (Phi) is 5.62. The molecule has 1 fully saturated rings. The number of hydrogen-bond acceptors (Lipinski definition) is 5. The molecule has 4 rings (SSSR count). The van der Waals surface area contributed by atoms with E-state index in [0.29, 0.717) is 16.8 Å². The summed E-state index contributed by atoms with van der Waals surface area (Å²) >= 11 is 0. The van der Waals surface area contributed by atoms with Gasteiger partial charge >= 0.3 is 0 Å². The third-order valence-corrected chi connectivity index (χ3v) is 6.15. The van der Waals surface area contributed by atoms with Gasteiger partial charge in [0.25, 0.3) is 5.91 Å². The molecule has 3 N–H and O–H groups in total. The van der Waals surface area contributed by atoms with Gasteiger partial charge < -0.3 is 19.9 Å². The maximum atomic E-state index is 12.7. The smallest absolute Gasteiger partial charge is 0.251 e. The molecule has 0 aliphatic heterocycles. The molecule has 0 atom stereocenters. The zero-order chi connectivity index (χ0) is 21.3. The lowest BCUT2D eigenvalue weighted by atomic mass is 9.77. The summed E-state index contributed by atoms with van der Waals surface area (Å²) in [6, 6.07) is 11.1. The number of rotatable bonds is 5. The molecule has 1 amide bonds. The van der Waals surface area contributed by atoms with E-state index in [0.717, 1.165) is 42.3 Å². The predicted octanol–water partition coefficient (Wildman–Crippen LogP) is 4.05. The standard InChI is InChI=1S/C24H28N2O4/c1-24(2,29)17-7-9-18(10-8-17)26-23(28)16-5-3-15(4-6-16)22-20-11-12-30-21(20)13-19(14-27)25-22/h3-6,11-13,17-18,27,29H,7-10,14H2,1-2H3,(H,26,28)/t17-,18-. The Morgan fingerprint density at radius 3 is 2.50 bits per heavy atom. The Morgan fingerprint density at radius 1 is 1.17 bits per heavy atom. The molecule has 0 spiro atoms. The van der Waals surface area contributed by atoms with Crippen molar-refractivity contribution in [3.05, 3.63) is 53.9 Å². The Morgan fingerprint density at radius 2 is 1.87 bits per heavy atom. The van der Waals surface area contributed by atoms with Gasteiger partial charge in [0.1, 0.15) is 5.58 Å². The summed E-state index contributed by atoms with van der Waals surface area (Å²) in [6.07, 6.45) is 5.21. The van der Waals surface area contributed by atoms with E-state index in [-0.39, 0.29) is 24.5 Å². The number of aromatic nitrogens is 1. The SMILES string of the molecule is CC(C)(O)[C@H]1CC[C@H](NC(=O)c2ccc(-c3nc(CO)cc4occc34)cc2)CC1. The largest absolute Gasteiger partial charge is 0.464 e. The molecule has 0 bridgehead atoms. The van der Waals surface area contributed by atoms with Gasteiger partial charge in [0, 0.05) is 28.6 Å². The first-order valence-electron chi connectivity index (χ1n) is 10.5. The summed E-state index contributed by atoms with van der Waals surface area (Å²) in [7, 11) is 0. The summed E-state index contributed by atoms with van der Waals surface area (Å²) in [4.78, 5) is 17.2. The molecular weight excluding hydrogens is 380 g/mol. The van der Waals surface area contributed by atoms with Crippen LogP contribution in [0.5, 0.6) is 0 Å².